The molecule has 0 radical (unpaired) electrons. The zero-order chi connectivity index (χ0) is 20.0. The van der Waals surface area contributed by atoms with Crippen molar-refractivity contribution >= 4 is 11.6 Å². The molecular formula is C18H20N4O5. The minimum Gasteiger partial charge on any atom is -0.497 e. The molecule has 2 aromatic rings. The molecule has 142 valence electrons. The fourth-order valence-corrected chi connectivity index (χ4v) is 2.43. The molecule has 0 spiro atoms. The number of hydrogen-bond donors (Lipinski definition) is 1. The van der Waals surface area contributed by atoms with Gasteiger partial charge in [-0.1, -0.05) is 18.2 Å². The number of carbonyl (C=O) groups is 1. The molecule has 1 N–H and O–H groups in total. The van der Waals surface area contributed by atoms with E-state index in [1.165, 1.54) is 19.3 Å². The number of allylic oxidation sites excluding steroid dienone is 2. The van der Waals surface area contributed by atoms with Gasteiger partial charge in [0.05, 0.1) is 20.2 Å². The topological polar surface area (TPSA) is 104 Å². The van der Waals surface area contributed by atoms with E-state index in [1.54, 1.807) is 24.3 Å². The zero-order valence-electron chi connectivity index (χ0n) is 14.9. The van der Waals surface area contributed by atoms with E-state index in [-0.39, 0.29) is 13.1 Å². The van der Waals surface area contributed by atoms with Crippen LogP contribution in [0.15, 0.2) is 64.0 Å². The molecule has 1 heterocycles. The van der Waals surface area contributed by atoms with Gasteiger partial charge < -0.3 is 10.1 Å². The maximum Gasteiger partial charge on any atom is 0.337 e. The van der Waals surface area contributed by atoms with Crippen LogP contribution in [0.1, 0.15) is 0 Å². The van der Waals surface area contributed by atoms with Crippen LogP contribution >= 0.6 is 0 Å². The summed E-state index contributed by atoms with van der Waals surface area (Å²) in [6.45, 7) is 6.25. The zero-order valence-corrected chi connectivity index (χ0v) is 14.9. The Hall–Kier alpha value is -3.62. The van der Waals surface area contributed by atoms with E-state index in [4.69, 9.17) is 4.74 Å². The molecule has 9 nitrogen and oxygen atoms in total. The third-order valence-electron chi connectivity index (χ3n) is 3.66. The van der Waals surface area contributed by atoms with Crippen molar-refractivity contribution in [2.24, 2.45) is 0 Å². The van der Waals surface area contributed by atoms with Gasteiger partial charge in [0.15, 0.2) is 0 Å². The Morgan fingerprint density at radius 2 is 1.59 bits per heavy atom. The van der Waals surface area contributed by atoms with E-state index in [0.29, 0.717) is 16.0 Å². The molecule has 0 saturated carbocycles. The Balaban J connectivity index is 2.42. The van der Waals surface area contributed by atoms with Crippen molar-refractivity contribution in [3.05, 3.63) is 81.0 Å². The molecule has 0 aliphatic rings. The normalized spacial score (nSPS) is 10.3. The lowest BCUT2D eigenvalue weighted by molar-refractivity contribution is -0.116. The highest BCUT2D eigenvalue weighted by molar-refractivity contribution is 5.90. The van der Waals surface area contributed by atoms with Gasteiger partial charge in [-0.15, -0.1) is 13.2 Å². The van der Waals surface area contributed by atoms with E-state index in [9.17, 15) is 19.2 Å². The van der Waals surface area contributed by atoms with Crippen LogP contribution in [0.3, 0.4) is 0 Å². The standard InChI is InChI=1S/C18H20N4O5/c1-4-9-20-16(24)21(10-5-2)18(26)22(17(20)25)12-15(23)19-13-7-6-8-14(11-13)27-3/h4-8,11H,1-2,9-10,12H2,3H3,(H,19,23). The van der Waals surface area contributed by atoms with Crippen molar-refractivity contribution < 1.29 is 9.53 Å². The lowest BCUT2D eigenvalue weighted by Crippen LogP contribution is -2.55. The Labute approximate surface area is 154 Å². The molecule has 0 bridgehead atoms. The molecule has 0 atom stereocenters. The van der Waals surface area contributed by atoms with Gasteiger partial charge in [0, 0.05) is 11.8 Å². The van der Waals surface area contributed by atoms with Gasteiger partial charge in [-0.05, 0) is 12.1 Å². The summed E-state index contributed by atoms with van der Waals surface area (Å²) < 4.78 is 7.43. The molecule has 1 aromatic heterocycles. The van der Waals surface area contributed by atoms with Crippen LogP contribution < -0.4 is 27.1 Å². The predicted molar refractivity (Wildman–Crippen MR) is 101 cm³/mol. The molecule has 0 fully saturated rings. The number of methoxy groups -OCH3 is 1. The molecule has 0 saturated heterocycles. The highest BCUT2D eigenvalue weighted by atomic mass is 16.5. The first kappa shape index (κ1) is 19.7. The summed E-state index contributed by atoms with van der Waals surface area (Å²) in [6, 6.07) is 6.62. The highest BCUT2D eigenvalue weighted by Gasteiger charge is 2.16. The first-order valence-corrected chi connectivity index (χ1v) is 8.03. The van der Waals surface area contributed by atoms with Crippen molar-refractivity contribution in [3.63, 3.8) is 0 Å². The molecule has 1 aromatic carbocycles. The largest absolute Gasteiger partial charge is 0.497 e. The van der Waals surface area contributed by atoms with Gasteiger partial charge in [-0.25, -0.2) is 28.1 Å². The number of rotatable bonds is 8. The minimum atomic E-state index is -0.883. The van der Waals surface area contributed by atoms with Crippen LogP contribution in [0.25, 0.3) is 0 Å². The van der Waals surface area contributed by atoms with Crippen molar-refractivity contribution in [2.45, 2.75) is 19.6 Å². The minimum absolute atomic E-state index is 0.0907. The van der Waals surface area contributed by atoms with Crippen molar-refractivity contribution in [2.75, 3.05) is 12.4 Å². The van der Waals surface area contributed by atoms with E-state index >= 15 is 0 Å². The fourth-order valence-electron chi connectivity index (χ4n) is 2.43. The lowest BCUT2D eigenvalue weighted by Gasteiger charge is -2.12. The van der Waals surface area contributed by atoms with Gasteiger partial charge >= 0.3 is 17.1 Å². The summed E-state index contributed by atoms with van der Waals surface area (Å²) in [5.41, 5.74) is -2.11. The fraction of sp³-hybridized carbons (Fsp3) is 0.222. The summed E-state index contributed by atoms with van der Waals surface area (Å²) in [5.74, 6) is -0.0609. The van der Waals surface area contributed by atoms with Crippen LogP contribution in [-0.4, -0.2) is 26.7 Å². The summed E-state index contributed by atoms with van der Waals surface area (Å²) in [5, 5.41) is 2.58. The maximum atomic E-state index is 12.5. The summed E-state index contributed by atoms with van der Waals surface area (Å²) >= 11 is 0. The summed E-state index contributed by atoms with van der Waals surface area (Å²) in [6.07, 6.45) is 2.71. The van der Waals surface area contributed by atoms with Gasteiger partial charge in [-0.3, -0.25) is 4.79 Å². The third kappa shape index (κ3) is 4.32. The Morgan fingerprint density at radius 3 is 2.11 bits per heavy atom. The first-order chi connectivity index (χ1) is 12.9. The number of amides is 1. The number of benzene rings is 1. The van der Waals surface area contributed by atoms with Gasteiger partial charge in [0.25, 0.3) is 0 Å². The molecule has 2 rings (SSSR count). The number of carbonyl (C=O) groups excluding carboxylic acids is 1. The first-order valence-electron chi connectivity index (χ1n) is 8.03. The highest BCUT2D eigenvalue weighted by Crippen LogP contribution is 2.16. The molecular weight excluding hydrogens is 352 g/mol. The van der Waals surface area contributed by atoms with Crippen LogP contribution in [0, 0.1) is 0 Å². The van der Waals surface area contributed by atoms with Crippen LogP contribution in [0.5, 0.6) is 5.75 Å². The number of nitrogens with one attached hydrogen (secondary N) is 1. The van der Waals surface area contributed by atoms with Crippen molar-refractivity contribution in [1.82, 2.24) is 13.7 Å². The van der Waals surface area contributed by atoms with E-state index < -0.39 is 29.5 Å². The number of anilines is 1. The molecule has 1 amide bonds. The summed E-state index contributed by atoms with van der Waals surface area (Å²) in [7, 11) is 1.49. The second-order valence-electron chi connectivity index (χ2n) is 5.51. The second kappa shape index (κ2) is 8.65. The van der Waals surface area contributed by atoms with Crippen LogP contribution in [0.2, 0.25) is 0 Å². The van der Waals surface area contributed by atoms with Gasteiger partial charge in [-0.2, -0.15) is 0 Å². The molecule has 0 unspecified atom stereocenters. The molecule has 0 aliphatic heterocycles. The van der Waals surface area contributed by atoms with Crippen LogP contribution in [-0.2, 0) is 24.4 Å². The number of ether oxygens (including phenoxy) is 1. The quantitative estimate of drug-likeness (QED) is 0.666. The van der Waals surface area contributed by atoms with Crippen molar-refractivity contribution in [3.8, 4) is 5.75 Å². The van der Waals surface area contributed by atoms with E-state index in [1.807, 2.05) is 0 Å². The van der Waals surface area contributed by atoms with Crippen molar-refractivity contribution in [1.29, 1.82) is 0 Å². The number of nitrogens with zero attached hydrogens (tertiary/aromatic N) is 3. The monoisotopic (exact) mass is 372 g/mol. The number of hydrogen-bond acceptors (Lipinski definition) is 5. The smallest absolute Gasteiger partial charge is 0.337 e. The molecule has 0 aliphatic carbocycles. The average molecular weight is 372 g/mol. The SMILES string of the molecule is C=CCn1c(=O)n(CC=C)c(=O)n(CC(=O)Nc2cccc(OC)c2)c1=O. The summed E-state index contributed by atoms with van der Waals surface area (Å²) in [4.78, 5) is 49.6. The Kier molecular flexibility index (Phi) is 6.32. The van der Waals surface area contributed by atoms with Gasteiger partial charge in [0.2, 0.25) is 5.91 Å². The third-order valence-corrected chi connectivity index (χ3v) is 3.66. The van der Waals surface area contributed by atoms with E-state index in [0.717, 1.165) is 9.13 Å². The Bertz CT molecular complexity index is 997. The van der Waals surface area contributed by atoms with Crippen LogP contribution in [0.4, 0.5) is 5.69 Å². The predicted octanol–water partition coefficient (Wildman–Crippen LogP) is 0.191. The van der Waals surface area contributed by atoms with E-state index in [2.05, 4.69) is 18.5 Å². The number of aromatic nitrogens is 3. The van der Waals surface area contributed by atoms with Gasteiger partial charge in [0.1, 0.15) is 12.3 Å². The Morgan fingerprint density at radius 1 is 1.04 bits per heavy atom. The molecule has 27 heavy (non-hydrogen) atoms. The lowest BCUT2D eigenvalue weighted by atomic mass is 10.3. The average Bonchev–Trinajstić information content (AvgIpc) is 2.66. The maximum absolute atomic E-state index is 12.5. The second-order valence-corrected chi connectivity index (χ2v) is 5.51. The molecule has 9 heteroatoms.